The molecule has 1 saturated carbocycles. The molecule has 1 rings (SSSR count). The average molecular weight is 186 g/mol. The molecule has 3 heteroatoms. The minimum absolute atomic E-state index is 0.501. The van der Waals surface area contributed by atoms with Gasteiger partial charge in [-0.15, -0.1) is 0 Å². The highest BCUT2D eigenvalue weighted by Crippen LogP contribution is 2.36. The summed E-state index contributed by atoms with van der Waals surface area (Å²) in [6, 6.07) is 0.583. The zero-order valence-corrected chi connectivity index (χ0v) is 8.92. The maximum Gasteiger partial charge on any atom is 0.166 e. The fraction of sp³-hybridized carbons (Fsp3) is 0.889. The van der Waals surface area contributed by atoms with Gasteiger partial charge in [-0.05, 0) is 36.9 Å². The second-order valence-corrected chi connectivity index (χ2v) is 4.74. The van der Waals surface area contributed by atoms with Gasteiger partial charge in [0.2, 0.25) is 0 Å². The van der Waals surface area contributed by atoms with Gasteiger partial charge in [0.25, 0.3) is 0 Å². The Kier molecular flexibility index (Phi) is 2.94. The van der Waals surface area contributed by atoms with Gasteiger partial charge in [-0.2, -0.15) is 0 Å². The predicted octanol–water partition coefficient (Wildman–Crippen LogP) is 1.66. The maximum atomic E-state index is 5.04. The lowest BCUT2D eigenvalue weighted by Crippen LogP contribution is -2.39. The average Bonchev–Trinajstić information content (AvgIpc) is 2.30. The highest BCUT2D eigenvalue weighted by atomic mass is 32.1. The van der Waals surface area contributed by atoms with Crippen LogP contribution < -0.4 is 10.6 Å². The summed E-state index contributed by atoms with van der Waals surface area (Å²) in [5.74, 6) is 0. The molecule has 2 N–H and O–H groups in total. The molecule has 0 bridgehead atoms. The first-order valence-corrected chi connectivity index (χ1v) is 4.92. The minimum Gasteiger partial charge on any atom is -0.366 e. The van der Waals surface area contributed by atoms with Gasteiger partial charge in [-0.25, -0.2) is 0 Å². The minimum atomic E-state index is 0.501. The standard InChI is InChI=1S/C9H18N2S/c1-9(2)5-4-7(6-9)11-8(12)10-3/h7H,4-6H2,1-3H3,(H2,10,11,12). The predicted molar refractivity (Wildman–Crippen MR) is 56.2 cm³/mol. The molecule has 1 aliphatic carbocycles. The molecule has 0 aromatic carbocycles. The SMILES string of the molecule is CNC(=S)NC1CCC(C)(C)C1. The van der Waals surface area contributed by atoms with Crippen molar-refractivity contribution in [3.05, 3.63) is 0 Å². The van der Waals surface area contributed by atoms with Crippen molar-refractivity contribution in [2.24, 2.45) is 5.41 Å². The number of thiocarbonyl (C=S) groups is 1. The van der Waals surface area contributed by atoms with Gasteiger partial charge in [-0.3, -0.25) is 0 Å². The van der Waals surface area contributed by atoms with Crippen LogP contribution >= 0.6 is 12.2 Å². The third kappa shape index (κ3) is 2.63. The van der Waals surface area contributed by atoms with Crippen LogP contribution in [0.25, 0.3) is 0 Å². The van der Waals surface area contributed by atoms with Crippen LogP contribution in [0.3, 0.4) is 0 Å². The molecule has 70 valence electrons. The summed E-state index contributed by atoms with van der Waals surface area (Å²) in [6.45, 7) is 4.63. The molecule has 1 fully saturated rings. The van der Waals surface area contributed by atoms with Gasteiger partial charge in [0.05, 0.1) is 0 Å². The molecule has 1 unspecified atom stereocenters. The van der Waals surface area contributed by atoms with E-state index in [0.29, 0.717) is 11.5 Å². The Bertz CT molecular complexity index is 177. The number of rotatable bonds is 1. The van der Waals surface area contributed by atoms with Gasteiger partial charge in [-0.1, -0.05) is 13.8 Å². The molecule has 1 aliphatic rings. The number of nitrogens with one attached hydrogen (secondary N) is 2. The molecule has 0 aromatic rings. The topological polar surface area (TPSA) is 24.1 Å². The van der Waals surface area contributed by atoms with Crippen LogP contribution in [0.2, 0.25) is 0 Å². The third-order valence-electron chi connectivity index (χ3n) is 2.53. The van der Waals surface area contributed by atoms with E-state index < -0.39 is 0 Å². The zero-order chi connectivity index (χ0) is 9.19. The van der Waals surface area contributed by atoms with Crippen molar-refractivity contribution in [2.45, 2.75) is 39.2 Å². The highest BCUT2D eigenvalue weighted by Gasteiger charge is 2.30. The van der Waals surface area contributed by atoms with E-state index in [1.165, 1.54) is 19.3 Å². The molecule has 0 radical (unpaired) electrons. The van der Waals surface area contributed by atoms with Gasteiger partial charge < -0.3 is 10.6 Å². The Morgan fingerprint density at radius 3 is 2.58 bits per heavy atom. The van der Waals surface area contributed by atoms with Crippen LogP contribution in [0.5, 0.6) is 0 Å². The molecule has 0 saturated heterocycles. The van der Waals surface area contributed by atoms with Gasteiger partial charge in [0.15, 0.2) is 5.11 Å². The quantitative estimate of drug-likeness (QED) is 0.609. The lowest BCUT2D eigenvalue weighted by atomic mass is 9.92. The molecule has 12 heavy (non-hydrogen) atoms. The molecule has 0 spiro atoms. The number of hydrogen-bond donors (Lipinski definition) is 2. The third-order valence-corrected chi connectivity index (χ3v) is 2.85. The zero-order valence-electron chi connectivity index (χ0n) is 8.11. The first-order chi connectivity index (χ1) is 5.53. The van der Waals surface area contributed by atoms with E-state index in [4.69, 9.17) is 12.2 Å². The molecule has 0 amide bonds. The Balaban J connectivity index is 2.33. The summed E-state index contributed by atoms with van der Waals surface area (Å²) in [4.78, 5) is 0. The first-order valence-electron chi connectivity index (χ1n) is 4.52. The summed E-state index contributed by atoms with van der Waals surface area (Å²) in [6.07, 6.45) is 3.78. The van der Waals surface area contributed by atoms with E-state index in [1.807, 2.05) is 7.05 Å². The second kappa shape index (κ2) is 3.60. The second-order valence-electron chi connectivity index (χ2n) is 4.33. The fourth-order valence-electron chi connectivity index (χ4n) is 1.82. The van der Waals surface area contributed by atoms with Crippen LogP contribution in [0.4, 0.5) is 0 Å². The van der Waals surface area contributed by atoms with Crippen LogP contribution in [-0.2, 0) is 0 Å². The van der Waals surface area contributed by atoms with Crippen molar-refractivity contribution in [1.82, 2.24) is 10.6 Å². The summed E-state index contributed by atoms with van der Waals surface area (Å²) in [5, 5.41) is 7.02. The summed E-state index contributed by atoms with van der Waals surface area (Å²) < 4.78 is 0. The van der Waals surface area contributed by atoms with Crippen LogP contribution in [-0.4, -0.2) is 18.2 Å². The van der Waals surface area contributed by atoms with Gasteiger partial charge >= 0.3 is 0 Å². The van der Waals surface area contributed by atoms with E-state index in [-0.39, 0.29) is 0 Å². The largest absolute Gasteiger partial charge is 0.366 e. The highest BCUT2D eigenvalue weighted by molar-refractivity contribution is 7.80. The lowest BCUT2D eigenvalue weighted by molar-refractivity contribution is 0.372. The summed E-state index contributed by atoms with van der Waals surface area (Å²) in [5.41, 5.74) is 0.501. The van der Waals surface area contributed by atoms with E-state index in [2.05, 4.69) is 24.5 Å². The maximum absolute atomic E-state index is 5.04. The smallest absolute Gasteiger partial charge is 0.166 e. The summed E-state index contributed by atoms with van der Waals surface area (Å²) >= 11 is 5.04. The van der Waals surface area contributed by atoms with Crippen LogP contribution in [0, 0.1) is 5.41 Å². The summed E-state index contributed by atoms with van der Waals surface area (Å²) in [7, 11) is 1.86. The van der Waals surface area contributed by atoms with Crippen LogP contribution in [0.1, 0.15) is 33.1 Å². The van der Waals surface area contributed by atoms with Crippen molar-refractivity contribution < 1.29 is 0 Å². The lowest BCUT2D eigenvalue weighted by Gasteiger charge is -2.18. The Morgan fingerprint density at radius 2 is 2.17 bits per heavy atom. The van der Waals surface area contributed by atoms with E-state index in [1.54, 1.807) is 0 Å². The Labute approximate surface area is 80.1 Å². The number of hydrogen-bond acceptors (Lipinski definition) is 1. The molecule has 2 nitrogen and oxygen atoms in total. The molecule has 0 heterocycles. The molecule has 0 aromatic heterocycles. The molecule has 1 atom stereocenters. The van der Waals surface area contributed by atoms with Crippen LogP contribution in [0.15, 0.2) is 0 Å². The first kappa shape index (κ1) is 9.78. The normalized spacial score (nSPS) is 26.8. The van der Waals surface area contributed by atoms with Crippen molar-refractivity contribution in [3.8, 4) is 0 Å². The molecular formula is C9H18N2S. The van der Waals surface area contributed by atoms with E-state index in [9.17, 15) is 0 Å². The van der Waals surface area contributed by atoms with E-state index in [0.717, 1.165) is 5.11 Å². The molecule has 0 aliphatic heterocycles. The van der Waals surface area contributed by atoms with Gasteiger partial charge in [0, 0.05) is 13.1 Å². The fourth-order valence-corrected chi connectivity index (χ4v) is 1.98. The van der Waals surface area contributed by atoms with Crippen molar-refractivity contribution in [2.75, 3.05) is 7.05 Å². The van der Waals surface area contributed by atoms with E-state index >= 15 is 0 Å². The van der Waals surface area contributed by atoms with Crippen molar-refractivity contribution in [3.63, 3.8) is 0 Å². The Morgan fingerprint density at radius 1 is 1.50 bits per heavy atom. The van der Waals surface area contributed by atoms with Crippen molar-refractivity contribution >= 4 is 17.3 Å². The van der Waals surface area contributed by atoms with Gasteiger partial charge in [0.1, 0.15) is 0 Å². The molecular weight excluding hydrogens is 168 g/mol. The van der Waals surface area contributed by atoms with Crippen molar-refractivity contribution in [1.29, 1.82) is 0 Å². The Hall–Kier alpha value is -0.310. The monoisotopic (exact) mass is 186 g/mol.